The Bertz CT molecular complexity index is 483. The Morgan fingerprint density at radius 2 is 2.21 bits per heavy atom. The summed E-state index contributed by atoms with van der Waals surface area (Å²) in [7, 11) is 0. The number of rotatable bonds is 4. The standard InChI is InChI=1S/C13H18N2O4/c1-2-5-14-6-3-4-10(14)12(17)15-8-9(16)7-11(15)13(18)19/h3-4,6,9,11,16H,2,5,7-8H2,1H3,(H,18,19)/t9-,11+/m1/s1. The highest BCUT2D eigenvalue weighted by atomic mass is 16.4. The van der Waals surface area contributed by atoms with Crippen molar-refractivity contribution in [1.82, 2.24) is 9.47 Å². The number of hydrogen-bond acceptors (Lipinski definition) is 3. The van der Waals surface area contributed by atoms with Gasteiger partial charge in [-0.15, -0.1) is 0 Å². The van der Waals surface area contributed by atoms with Gasteiger partial charge in [0.05, 0.1) is 6.10 Å². The first kappa shape index (κ1) is 13.6. The van der Waals surface area contributed by atoms with E-state index in [1.165, 1.54) is 4.90 Å². The minimum Gasteiger partial charge on any atom is -0.480 e. The zero-order valence-electron chi connectivity index (χ0n) is 10.8. The zero-order valence-corrected chi connectivity index (χ0v) is 10.8. The largest absolute Gasteiger partial charge is 0.480 e. The number of likely N-dealkylation sites (tertiary alicyclic amines) is 1. The van der Waals surface area contributed by atoms with Gasteiger partial charge in [0.15, 0.2) is 0 Å². The summed E-state index contributed by atoms with van der Waals surface area (Å²) in [5, 5.41) is 18.7. The molecule has 1 saturated heterocycles. The predicted molar refractivity (Wildman–Crippen MR) is 67.8 cm³/mol. The Balaban J connectivity index is 2.22. The normalized spacial score (nSPS) is 22.7. The van der Waals surface area contributed by atoms with Crippen molar-refractivity contribution in [2.24, 2.45) is 0 Å². The molecule has 2 rings (SSSR count). The van der Waals surface area contributed by atoms with Crippen molar-refractivity contribution in [2.75, 3.05) is 6.54 Å². The summed E-state index contributed by atoms with van der Waals surface area (Å²) in [4.78, 5) is 24.8. The number of aliphatic hydroxyl groups is 1. The minimum atomic E-state index is -1.07. The summed E-state index contributed by atoms with van der Waals surface area (Å²) < 4.78 is 1.81. The van der Waals surface area contributed by atoms with Crippen LogP contribution in [0.2, 0.25) is 0 Å². The van der Waals surface area contributed by atoms with Crippen molar-refractivity contribution in [3.63, 3.8) is 0 Å². The highest BCUT2D eigenvalue weighted by Crippen LogP contribution is 2.21. The van der Waals surface area contributed by atoms with Crippen LogP contribution in [-0.2, 0) is 11.3 Å². The first-order valence-electron chi connectivity index (χ1n) is 6.41. The second kappa shape index (κ2) is 5.44. The lowest BCUT2D eigenvalue weighted by Crippen LogP contribution is -2.41. The summed E-state index contributed by atoms with van der Waals surface area (Å²) in [6, 6.07) is 2.51. The van der Waals surface area contributed by atoms with E-state index in [4.69, 9.17) is 5.11 Å². The van der Waals surface area contributed by atoms with Crippen molar-refractivity contribution in [3.8, 4) is 0 Å². The smallest absolute Gasteiger partial charge is 0.326 e. The van der Waals surface area contributed by atoms with Crippen molar-refractivity contribution in [3.05, 3.63) is 24.0 Å². The van der Waals surface area contributed by atoms with Crippen LogP contribution in [0.1, 0.15) is 30.3 Å². The average Bonchev–Trinajstić information content (AvgIpc) is 2.95. The third kappa shape index (κ3) is 2.63. The van der Waals surface area contributed by atoms with Gasteiger partial charge in [-0.1, -0.05) is 6.92 Å². The molecule has 6 nitrogen and oxygen atoms in total. The van der Waals surface area contributed by atoms with Crippen LogP contribution >= 0.6 is 0 Å². The molecule has 0 bridgehead atoms. The summed E-state index contributed by atoms with van der Waals surface area (Å²) in [5.74, 6) is -1.40. The molecule has 0 radical (unpaired) electrons. The number of carboxylic acid groups (broad SMARTS) is 1. The number of aromatic nitrogens is 1. The van der Waals surface area contributed by atoms with Crippen LogP contribution in [0.3, 0.4) is 0 Å². The molecule has 0 unspecified atom stereocenters. The van der Waals surface area contributed by atoms with Crippen LogP contribution in [0.4, 0.5) is 0 Å². The molecule has 6 heteroatoms. The number of carbonyl (C=O) groups excluding carboxylic acids is 1. The summed E-state index contributed by atoms with van der Waals surface area (Å²) in [6.07, 6.45) is 2.02. The van der Waals surface area contributed by atoms with Gasteiger partial charge in [0.2, 0.25) is 0 Å². The number of carbonyl (C=O) groups is 2. The highest BCUT2D eigenvalue weighted by molar-refractivity contribution is 5.95. The maximum Gasteiger partial charge on any atom is 0.326 e. The second-order valence-corrected chi connectivity index (χ2v) is 4.79. The van der Waals surface area contributed by atoms with Gasteiger partial charge in [0, 0.05) is 25.7 Å². The molecule has 0 spiro atoms. The van der Waals surface area contributed by atoms with Gasteiger partial charge in [0.25, 0.3) is 5.91 Å². The number of aryl methyl sites for hydroxylation is 1. The number of β-amino-alcohol motifs (C(OH)–C–C–N with tert-alkyl or cyclic N) is 1. The quantitative estimate of drug-likeness (QED) is 0.834. The Hall–Kier alpha value is -1.82. The minimum absolute atomic E-state index is 0.0765. The Labute approximate surface area is 111 Å². The van der Waals surface area contributed by atoms with E-state index in [9.17, 15) is 14.7 Å². The fraction of sp³-hybridized carbons (Fsp3) is 0.538. The fourth-order valence-corrected chi connectivity index (χ4v) is 2.46. The first-order chi connectivity index (χ1) is 9.04. The van der Waals surface area contributed by atoms with Crippen molar-refractivity contribution in [2.45, 2.75) is 38.5 Å². The van der Waals surface area contributed by atoms with Crippen LogP contribution in [0.5, 0.6) is 0 Å². The average molecular weight is 266 g/mol. The molecule has 2 heterocycles. The van der Waals surface area contributed by atoms with Gasteiger partial charge in [0.1, 0.15) is 11.7 Å². The van der Waals surface area contributed by atoms with Crippen LogP contribution < -0.4 is 0 Å². The summed E-state index contributed by atoms with van der Waals surface area (Å²) >= 11 is 0. The van der Waals surface area contributed by atoms with Gasteiger partial charge in [-0.2, -0.15) is 0 Å². The molecule has 0 aromatic carbocycles. The molecular formula is C13H18N2O4. The maximum atomic E-state index is 12.4. The molecule has 1 amide bonds. The fourth-order valence-electron chi connectivity index (χ4n) is 2.46. The number of nitrogens with zero attached hydrogens (tertiary/aromatic N) is 2. The lowest BCUT2D eigenvalue weighted by molar-refractivity contribution is -0.141. The van der Waals surface area contributed by atoms with E-state index in [-0.39, 0.29) is 18.9 Å². The summed E-state index contributed by atoms with van der Waals surface area (Å²) in [6.45, 7) is 2.79. The van der Waals surface area contributed by atoms with Gasteiger partial charge < -0.3 is 19.7 Å². The lowest BCUT2D eigenvalue weighted by Gasteiger charge is -2.21. The Kier molecular flexibility index (Phi) is 3.90. The molecule has 104 valence electrons. The third-order valence-corrected chi connectivity index (χ3v) is 3.34. The molecule has 2 atom stereocenters. The maximum absolute atomic E-state index is 12.4. The monoisotopic (exact) mass is 266 g/mol. The number of aliphatic hydroxyl groups excluding tert-OH is 1. The molecule has 1 aromatic rings. The van der Waals surface area contributed by atoms with Crippen molar-refractivity contribution < 1.29 is 19.8 Å². The first-order valence-corrected chi connectivity index (χ1v) is 6.41. The lowest BCUT2D eigenvalue weighted by atomic mass is 10.2. The van der Waals surface area contributed by atoms with E-state index in [1.54, 1.807) is 18.3 Å². The van der Waals surface area contributed by atoms with E-state index < -0.39 is 18.1 Å². The van der Waals surface area contributed by atoms with Crippen LogP contribution in [0.25, 0.3) is 0 Å². The molecule has 2 N–H and O–H groups in total. The Morgan fingerprint density at radius 3 is 2.84 bits per heavy atom. The van der Waals surface area contributed by atoms with Gasteiger partial charge in [-0.25, -0.2) is 4.79 Å². The molecule has 1 aliphatic heterocycles. The molecule has 0 saturated carbocycles. The number of amides is 1. The SMILES string of the molecule is CCCn1cccc1C(=O)N1C[C@H](O)C[C@H]1C(=O)O. The van der Waals surface area contributed by atoms with Crippen LogP contribution in [0.15, 0.2) is 18.3 Å². The number of hydrogen-bond donors (Lipinski definition) is 2. The molecular weight excluding hydrogens is 248 g/mol. The van der Waals surface area contributed by atoms with Crippen LogP contribution in [0, 0.1) is 0 Å². The molecule has 0 aliphatic carbocycles. The highest BCUT2D eigenvalue weighted by Gasteiger charge is 2.39. The van der Waals surface area contributed by atoms with E-state index in [2.05, 4.69) is 0 Å². The number of carboxylic acids is 1. The molecule has 1 fully saturated rings. The molecule has 19 heavy (non-hydrogen) atoms. The second-order valence-electron chi connectivity index (χ2n) is 4.79. The zero-order chi connectivity index (χ0) is 14.0. The van der Waals surface area contributed by atoms with E-state index in [1.807, 2.05) is 11.5 Å². The van der Waals surface area contributed by atoms with Gasteiger partial charge >= 0.3 is 5.97 Å². The van der Waals surface area contributed by atoms with Crippen molar-refractivity contribution >= 4 is 11.9 Å². The van der Waals surface area contributed by atoms with E-state index >= 15 is 0 Å². The van der Waals surface area contributed by atoms with E-state index in [0.29, 0.717) is 12.2 Å². The Morgan fingerprint density at radius 1 is 1.47 bits per heavy atom. The third-order valence-electron chi connectivity index (χ3n) is 3.34. The van der Waals surface area contributed by atoms with Crippen LogP contribution in [-0.4, -0.2) is 50.2 Å². The number of aliphatic carboxylic acids is 1. The topological polar surface area (TPSA) is 82.8 Å². The summed E-state index contributed by atoms with van der Waals surface area (Å²) in [5.41, 5.74) is 0.474. The van der Waals surface area contributed by atoms with Crippen molar-refractivity contribution in [1.29, 1.82) is 0 Å². The van der Waals surface area contributed by atoms with Gasteiger partial charge in [-0.3, -0.25) is 4.79 Å². The predicted octanol–water partition coefficient (Wildman–Crippen LogP) is 0.558. The van der Waals surface area contributed by atoms with E-state index in [0.717, 1.165) is 6.42 Å². The van der Waals surface area contributed by atoms with Gasteiger partial charge in [-0.05, 0) is 18.6 Å². The molecule has 1 aromatic heterocycles. The molecule has 1 aliphatic rings.